The molecule has 1 aromatic heterocycles. The zero-order valence-corrected chi connectivity index (χ0v) is 19.7. The molecular formula is C18H34IN7O2. The van der Waals surface area contributed by atoms with E-state index in [1.54, 1.807) is 7.11 Å². The molecule has 0 radical (unpaired) electrons. The van der Waals surface area contributed by atoms with E-state index in [1.807, 2.05) is 30.4 Å². The van der Waals surface area contributed by atoms with Gasteiger partial charge in [0.05, 0.1) is 13.1 Å². The molecule has 2 rings (SSSR count). The third kappa shape index (κ3) is 7.19. The summed E-state index contributed by atoms with van der Waals surface area (Å²) in [6, 6.07) is 0.228. The maximum Gasteiger partial charge on any atom is 0.224 e. The minimum Gasteiger partial charge on any atom is -0.377 e. The first kappa shape index (κ1) is 24.6. The number of nitrogens with zero attached hydrogens (tertiary/aromatic N) is 5. The second kappa shape index (κ2) is 12.9. The van der Waals surface area contributed by atoms with Crippen LogP contribution >= 0.6 is 24.0 Å². The monoisotopic (exact) mass is 507 g/mol. The number of fused-ring (bicyclic) bond motifs is 1. The zero-order chi connectivity index (χ0) is 19.6. The van der Waals surface area contributed by atoms with Gasteiger partial charge >= 0.3 is 0 Å². The van der Waals surface area contributed by atoms with Crippen LogP contribution in [0.15, 0.2) is 4.99 Å². The number of hydrogen-bond donors (Lipinski definition) is 2. The molecule has 1 aliphatic rings. The fourth-order valence-electron chi connectivity index (χ4n) is 3.18. The molecule has 0 saturated carbocycles. The van der Waals surface area contributed by atoms with Crippen LogP contribution in [-0.4, -0.2) is 70.9 Å². The van der Waals surface area contributed by atoms with E-state index in [9.17, 15) is 4.79 Å². The van der Waals surface area contributed by atoms with Crippen LogP contribution in [0.5, 0.6) is 0 Å². The highest BCUT2D eigenvalue weighted by molar-refractivity contribution is 14.0. The molecule has 0 bridgehead atoms. The standard InChI is InChI=1S/C18H33N7O2.HI/c1-5-19-18(20-11-10-17(26)24(6-2)7-3)21-14-8-9-16-22-15(13-27-4)23-25(16)12-14;/h14H,5-13H2,1-4H3,(H2,19,20,21);1H. The van der Waals surface area contributed by atoms with E-state index in [1.165, 1.54) is 0 Å². The second-order valence-electron chi connectivity index (χ2n) is 6.52. The molecule has 2 N–H and O–H groups in total. The number of aromatic nitrogens is 3. The molecular weight excluding hydrogens is 473 g/mol. The van der Waals surface area contributed by atoms with Crippen molar-refractivity contribution in [2.24, 2.45) is 4.99 Å². The molecule has 0 aliphatic carbocycles. The maximum absolute atomic E-state index is 12.1. The third-order valence-corrected chi connectivity index (χ3v) is 4.57. The lowest BCUT2D eigenvalue weighted by Crippen LogP contribution is -2.47. The van der Waals surface area contributed by atoms with Crippen LogP contribution in [0.3, 0.4) is 0 Å². The van der Waals surface area contributed by atoms with Gasteiger partial charge < -0.3 is 20.3 Å². The predicted molar refractivity (Wildman–Crippen MR) is 120 cm³/mol. The van der Waals surface area contributed by atoms with Crippen molar-refractivity contribution < 1.29 is 9.53 Å². The van der Waals surface area contributed by atoms with Crippen molar-refractivity contribution >= 4 is 35.8 Å². The molecule has 1 unspecified atom stereocenters. The van der Waals surface area contributed by atoms with E-state index in [2.05, 4.69) is 25.7 Å². The molecule has 0 saturated heterocycles. The minimum absolute atomic E-state index is 0. The van der Waals surface area contributed by atoms with Crippen molar-refractivity contribution in [3.8, 4) is 0 Å². The molecule has 10 heteroatoms. The summed E-state index contributed by atoms with van der Waals surface area (Å²) in [5.41, 5.74) is 0. The summed E-state index contributed by atoms with van der Waals surface area (Å²) >= 11 is 0. The number of ether oxygens (including phenoxy) is 1. The lowest BCUT2D eigenvalue weighted by molar-refractivity contribution is -0.130. The summed E-state index contributed by atoms with van der Waals surface area (Å²) in [5.74, 6) is 2.63. The van der Waals surface area contributed by atoms with Gasteiger partial charge in [0.15, 0.2) is 11.8 Å². The fourth-order valence-corrected chi connectivity index (χ4v) is 3.18. The summed E-state index contributed by atoms with van der Waals surface area (Å²) in [6.45, 7) is 9.93. The number of aryl methyl sites for hydroxylation is 1. The second-order valence-corrected chi connectivity index (χ2v) is 6.52. The Morgan fingerprint density at radius 1 is 1.36 bits per heavy atom. The van der Waals surface area contributed by atoms with Crippen molar-refractivity contribution in [2.45, 2.75) is 59.2 Å². The highest BCUT2D eigenvalue weighted by Gasteiger charge is 2.22. The summed E-state index contributed by atoms with van der Waals surface area (Å²) in [6.07, 6.45) is 2.26. The van der Waals surface area contributed by atoms with Crippen LogP contribution in [0.4, 0.5) is 0 Å². The Kier molecular flexibility index (Phi) is 11.4. The summed E-state index contributed by atoms with van der Waals surface area (Å²) in [7, 11) is 1.65. The number of methoxy groups -OCH3 is 1. The Bertz CT molecular complexity index is 631. The molecule has 160 valence electrons. The lowest BCUT2D eigenvalue weighted by Gasteiger charge is -2.25. The number of amides is 1. The van der Waals surface area contributed by atoms with Crippen LogP contribution in [0.25, 0.3) is 0 Å². The number of rotatable bonds is 9. The highest BCUT2D eigenvalue weighted by atomic mass is 127. The largest absolute Gasteiger partial charge is 0.377 e. The van der Waals surface area contributed by atoms with E-state index in [0.29, 0.717) is 19.6 Å². The molecule has 0 fully saturated rings. The Morgan fingerprint density at radius 3 is 2.75 bits per heavy atom. The third-order valence-electron chi connectivity index (χ3n) is 4.57. The van der Waals surface area contributed by atoms with Crippen molar-refractivity contribution in [3.63, 3.8) is 0 Å². The Balaban J connectivity index is 0.00000392. The van der Waals surface area contributed by atoms with Crippen LogP contribution in [0, 0.1) is 0 Å². The van der Waals surface area contributed by atoms with Crippen LogP contribution in [-0.2, 0) is 29.1 Å². The van der Waals surface area contributed by atoms with Gasteiger partial charge in [-0.15, -0.1) is 24.0 Å². The maximum atomic E-state index is 12.1. The number of halogens is 1. The quantitative estimate of drug-likeness (QED) is 0.296. The average Bonchev–Trinajstić information content (AvgIpc) is 3.05. The molecule has 9 nitrogen and oxygen atoms in total. The van der Waals surface area contributed by atoms with Gasteiger partial charge in [0.2, 0.25) is 5.91 Å². The number of nitrogens with one attached hydrogen (secondary N) is 2. The number of carbonyl (C=O) groups is 1. The highest BCUT2D eigenvalue weighted by Crippen LogP contribution is 2.13. The fraction of sp³-hybridized carbons (Fsp3) is 0.778. The molecule has 2 heterocycles. The lowest BCUT2D eigenvalue weighted by atomic mass is 10.1. The average molecular weight is 507 g/mol. The first-order chi connectivity index (χ1) is 13.1. The SMILES string of the molecule is CCNC(=NCCC(=O)N(CC)CC)NC1CCc2nc(COC)nn2C1.I. The van der Waals surface area contributed by atoms with Crippen molar-refractivity contribution in [2.75, 3.05) is 33.3 Å². The van der Waals surface area contributed by atoms with Gasteiger partial charge in [-0.1, -0.05) is 0 Å². The molecule has 0 aromatic carbocycles. The smallest absolute Gasteiger partial charge is 0.224 e. The van der Waals surface area contributed by atoms with E-state index < -0.39 is 0 Å². The van der Waals surface area contributed by atoms with Crippen LogP contribution in [0.1, 0.15) is 45.3 Å². The zero-order valence-electron chi connectivity index (χ0n) is 17.4. The summed E-state index contributed by atoms with van der Waals surface area (Å²) < 4.78 is 7.06. The van der Waals surface area contributed by atoms with E-state index in [0.717, 1.165) is 56.6 Å². The molecule has 1 atom stereocenters. The van der Waals surface area contributed by atoms with Crippen molar-refractivity contribution in [1.82, 2.24) is 30.3 Å². The first-order valence-electron chi connectivity index (χ1n) is 9.85. The first-order valence-corrected chi connectivity index (χ1v) is 9.85. The Hall–Kier alpha value is -1.43. The number of aliphatic imine (C=N–C) groups is 1. The molecule has 1 aliphatic heterocycles. The van der Waals surface area contributed by atoms with E-state index in [4.69, 9.17) is 4.74 Å². The van der Waals surface area contributed by atoms with Gasteiger partial charge in [0.25, 0.3) is 0 Å². The van der Waals surface area contributed by atoms with Crippen LogP contribution < -0.4 is 10.6 Å². The van der Waals surface area contributed by atoms with Gasteiger partial charge in [-0.2, -0.15) is 5.10 Å². The van der Waals surface area contributed by atoms with E-state index in [-0.39, 0.29) is 35.9 Å². The van der Waals surface area contributed by atoms with Gasteiger partial charge in [-0.25, -0.2) is 9.67 Å². The number of guanidine groups is 1. The van der Waals surface area contributed by atoms with Crippen LogP contribution in [0.2, 0.25) is 0 Å². The number of carbonyl (C=O) groups excluding carboxylic acids is 1. The normalized spacial score (nSPS) is 16.1. The topological polar surface area (TPSA) is 96.7 Å². The van der Waals surface area contributed by atoms with E-state index >= 15 is 0 Å². The summed E-state index contributed by atoms with van der Waals surface area (Å²) in [4.78, 5) is 23.0. The molecule has 0 spiro atoms. The van der Waals surface area contributed by atoms with Gasteiger partial charge in [-0.05, 0) is 27.2 Å². The van der Waals surface area contributed by atoms with Gasteiger partial charge in [-0.3, -0.25) is 9.79 Å². The Labute approximate surface area is 184 Å². The minimum atomic E-state index is 0. The van der Waals surface area contributed by atoms with Gasteiger partial charge in [0, 0.05) is 45.6 Å². The Morgan fingerprint density at radius 2 is 2.11 bits per heavy atom. The number of hydrogen-bond acceptors (Lipinski definition) is 5. The van der Waals surface area contributed by atoms with Crippen molar-refractivity contribution in [3.05, 3.63) is 11.6 Å². The molecule has 28 heavy (non-hydrogen) atoms. The molecule has 1 aromatic rings. The van der Waals surface area contributed by atoms with Crippen molar-refractivity contribution in [1.29, 1.82) is 0 Å². The van der Waals surface area contributed by atoms with Gasteiger partial charge in [0.1, 0.15) is 12.4 Å². The summed E-state index contributed by atoms with van der Waals surface area (Å²) in [5, 5.41) is 11.2. The predicted octanol–water partition coefficient (Wildman–Crippen LogP) is 1.17. The molecule has 1 amide bonds.